The van der Waals surface area contributed by atoms with E-state index in [0.29, 0.717) is 6.92 Å². The minimum atomic E-state index is -3.21. The lowest BCUT2D eigenvalue weighted by Crippen LogP contribution is -2.42. The maximum atomic E-state index is 13.3. The van der Waals surface area contributed by atoms with E-state index >= 15 is 0 Å². The molecule has 82 valence electrons. The van der Waals surface area contributed by atoms with E-state index < -0.39 is 11.5 Å². The third-order valence-corrected chi connectivity index (χ3v) is 2.42. The minimum absolute atomic E-state index is 0.180. The van der Waals surface area contributed by atoms with E-state index in [9.17, 15) is 13.9 Å². The summed E-state index contributed by atoms with van der Waals surface area (Å²) in [6, 6.07) is 7.93. The number of aliphatic hydroxyl groups is 1. The topological polar surface area (TPSA) is 20.2 Å². The number of benzene rings is 1. The molecule has 0 saturated heterocycles. The second-order valence-electron chi connectivity index (χ2n) is 3.61. The van der Waals surface area contributed by atoms with Crippen LogP contribution in [0.1, 0.15) is 18.9 Å². The van der Waals surface area contributed by atoms with E-state index in [0.717, 1.165) is 0 Å². The minimum Gasteiger partial charge on any atom is -0.379 e. The van der Waals surface area contributed by atoms with Crippen LogP contribution in [0.2, 0.25) is 0 Å². The Labute approximate surface area is 88.1 Å². The monoisotopic (exact) mass is 212 g/mol. The SMILES string of the molecule is C=CCC(O)(c1ccccc1)C(C)(F)F. The van der Waals surface area contributed by atoms with Gasteiger partial charge in [0, 0.05) is 13.3 Å². The van der Waals surface area contributed by atoms with Gasteiger partial charge in [-0.25, -0.2) is 8.78 Å². The average molecular weight is 212 g/mol. The first-order chi connectivity index (χ1) is 6.92. The number of hydrogen-bond acceptors (Lipinski definition) is 1. The van der Waals surface area contributed by atoms with Crippen molar-refractivity contribution in [3.05, 3.63) is 48.6 Å². The van der Waals surface area contributed by atoms with Gasteiger partial charge in [0.1, 0.15) is 0 Å². The summed E-state index contributed by atoms with van der Waals surface area (Å²) in [5, 5.41) is 10.00. The van der Waals surface area contributed by atoms with Crippen molar-refractivity contribution in [3.8, 4) is 0 Å². The third kappa shape index (κ3) is 2.23. The number of alkyl halides is 2. The molecule has 0 aliphatic carbocycles. The van der Waals surface area contributed by atoms with Crippen LogP contribution in [0, 0.1) is 0 Å². The average Bonchev–Trinajstić information content (AvgIpc) is 2.18. The van der Waals surface area contributed by atoms with Gasteiger partial charge >= 0.3 is 0 Å². The molecule has 0 aliphatic heterocycles. The zero-order valence-corrected chi connectivity index (χ0v) is 8.58. The molecule has 1 aromatic rings. The van der Waals surface area contributed by atoms with Crippen LogP contribution in [0.5, 0.6) is 0 Å². The van der Waals surface area contributed by atoms with E-state index in [-0.39, 0.29) is 12.0 Å². The lowest BCUT2D eigenvalue weighted by Gasteiger charge is -2.33. The fourth-order valence-electron chi connectivity index (χ4n) is 1.47. The Morgan fingerprint density at radius 2 is 1.87 bits per heavy atom. The summed E-state index contributed by atoms with van der Waals surface area (Å²) in [5.41, 5.74) is -1.96. The second kappa shape index (κ2) is 4.11. The van der Waals surface area contributed by atoms with Crippen molar-refractivity contribution in [3.63, 3.8) is 0 Å². The van der Waals surface area contributed by atoms with Crippen LogP contribution in [-0.4, -0.2) is 11.0 Å². The van der Waals surface area contributed by atoms with E-state index in [1.165, 1.54) is 18.2 Å². The van der Waals surface area contributed by atoms with Crippen molar-refractivity contribution in [2.45, 2.75) is 24.9 Å². The van der Waals surface area contributed by atoms with E-state index in [1.807, 2.05) is 0 Å². The molecule has 0 heterocycles. The normalized spacial score (nSPS) is 15.7. The summed E-state index contributed by atoms with van der Waals surface area (Å²) in [5.74, 6) is -3.21. The highest BCUT2D eigenvalue weighted by Gasteiger charge is 2.48. The van der Waals surface area contributed by atoms with Crippen LogP contribution in [0.15, 0.2) is 43.0 Å². The first kappa shape index (κ1) is 11.9. The standard InChI is InChI=1S/C12H14F2O/c1-3-9-12(15,11(2,13)14)10-7-5-4-6-8-10/h3-8,15H,1,9H2,2H3. The molecule has 0 aliphatic rings. The van der Waals surface area contributed by atoms with Gasteiger partial charge in [-0.05, 0) is 5.56 Å². The summed E-state index contributed by atoms with van der Waals surface area (Å²) in [4.78, 5) is 0. The first-order valence-electron chi connectivity index (χ1n) is 4.68. The van der Waals surface area contributed by atoms with Crippen LogP contribution >= 0.6 is 0 Å². The zero-order chi connectivity index (χ0) is 11.5. The molecule has 0 spiro atoms. The molecule has 0 saturated carbocycles. The largest absolute Gasteiger partial charge is 0.379 e. The quantitative estimate of drug-likeness (QED) is 0.760. The molecule has 0 bridgehead atoms. The van der Waals surface area contributed by atoms with Gasteiger partial charge in [0.25, 0.3) is 5.92 Å². The first-order valence-corrected chi connectivity index (χ1v) is 4.68. The van der Waals surface area contributed by atoms with Crippen molar-refractivity contribution in [2.75, 3.05) is 0 Å². The van der Waals surface area contributed by atoms with Gasteiger partial charge in [0.05, 0.1) is 0 Å². The Hall–Kier alpha value is -1.22. The molecule has 0 fully saturated rings. The van der Waals surface area contributed by atoms with Crippen LogP contribution in [-0.2, 0) is 5.60 Å². The van der Waals surface area contributed by atoms with Gasteiger partial charge in [-0.15, -0.1) is 6.58 Å². The molecule has 1 aromatic carbocycles. The molecule has 1 N–H and O–H groups in total. The van der Waals surface area contributed by atoms with E-state index in [2.05, 4.69) is 6.58 Å². The molecule has 0 amide bonds. The summed E-state index contributed by atoms with van der Waals surface area (Å²) in [7, 11) is 0. The number of halogens is 2. The van der Waals surface area contributed by atoms with Crippen LogP contribution < -0.4 is 0 Å². The smallest absolute Gasteiger partial charge is 0.277 e. The Morgan fingerprint density at radius 3 is 2.27 bits per heavy atom. The molecular weight excluding hydrogens is 198 g/mol. The fraction of sp³-hybridized carbons (Fsp3) is 0.333. The van der Waals surface area contributed by atoms with Gasteiger partial charge in [-0.3, -0.25) is 0 Å². The molecule has 1 unspecified atom stereocenters. The predicted molar refractivity (Wildman–Crippen MR) is 55.8 cm³/mol. The predicted octanol–water partition coefficient (Wildman–Crippen LogP) is 3.11. The third-order valence-electron chi connectivity index (χ3n) is 2.42. The fourth-order valence-corrected chi connectivity index (χ4v) is 1.47. The molecule has 3 heteroatoms. The lowest BCUT2D eigenvalue weighted by molar-refractivity contribution is -0.174. The Bertz CT molecular complexity index is 329. The summed E-state index contributed by atoms with van der Waals surface area (Å²) >= 11 is 0. The van der Waals surface area contributed by atoms with Crippen molar-refractivity contribution >= 4 is 0 Å². The van der Waals surface area contributed by atoms with E-state index in [1.54, 1.807) is 18.2 Å². The molecule has 0 radical (unpaired) electrons. The summed E-state index contributed by atoms with van der Waals surface area (Å²) < 4.78 is 26.7. The Balaban J connectivity index is 3.18. The van der Waals surface area contributed by atoms with Gasteiger partial charge in [-0.1, -0.05) is 36.4 Å². The van der Waals surface area contributed by atoms with Crippen molar-refractivity contribution < 1.29 is 13.9 Å². The molecule has 1 nitrogen and oxygen atoms in total. The van der Waals surface area contributed by atoms with Crippen LogP contribution in [0.3, 0.4) is 0 Å². The molecule has 1 atom stereocenters. The van der Waals surface area contributed by atoms with Crippen molar-refractivity contribution in [1.82, 2.24) is 0 Å². The molecule has 15 heavy (non-hydrogen) atoms. The van der Waals surface area contributed by atoms with Crippen LogP contribution in [0.25, 0.3) is 0 Å². The van der Waals surface area contributed by atoms with Gasteiger partial charge in [0.15, 0.2) is 5.60 Å². The van der Waals surface area contributed by atoms with Gasteiger partial charge in [-0.2, -0.15) is 0 Å². The second-order valence-corrected chi connectivity index (χ2v) is 3.61. The zero-order valence-electron chi connectivity index (χ0n) is 8.58. The highest BCUT2D eigenvalue weighted by Crippen LogP contribution is 2.40. The van der Waals surface area contributed by atoms with Crippen molar-refractivity contribution in [2.24, 2.45) is 0 Å². The summed E-state index contributed by atoms with van der Waals surface area (Å²) in [6.45, 7) is 4.10. The Kier molecular flexibility index (Phi) is 3.25. The highest BCUT2D eigenvalue weighted by molar-refractivity contribution is 5.25. The molecule has 0 aromatic heterocycles. The maximum Gasteiger partial charge on any atom is 0.277 e. The van der Waals surface area contributed by atoms with Gasteiger partial charge < -0.3 is 5.11 Å². The number of rotatable bonds is 4. The molecular formula is C12H14F2O. The molecule has 1 rings (SSSR count). The maximum absolute atomic E-state index is 13.3. The number of hydrogen-bond donors (Lipinski definition) is 1. The highest BCUT2D eigenvalue weighted by atomic mass is 19.3. The van der Waals surface area contributed by atoms with Gasteiger partial charge in [0.2, 0.25) is 0 Å². The Morgan fingerprint density at radius 1 is 1.33 bits per heavy atom. The van der Waals surface area contributed by atoms with Crippen LogP contribution in [0.4, 0.5) is 8.78 Å². The lowest BCUT2D eigenvalue weighted by atomic mass is 9.85. The van der Waals surface area contributed by atoms with Crippen molar-refractivity contribution in [1.29, 1.82) is 0 Å². The van der Waals surface area contributed by atoms with E-state index in [4.69, 9.17) is 0 Å². The summed E-state index contributed by atoms with van der Waals surface area (Å²) in [6.07, 6.45) is 1.12.